The molecule has 1 N–H and O–H groups in total. The molecule has 0 aliphatic carbocycles. The third kappa shape index (κ3) is 3.82. The number of hydrogen-bond acceptors (Lipinski definition) is 4. The second-order valence-corrected chi connectivity index (χ2v) is 6.97. The molecule has 0 saturated carbocycles. The van der Waals surface area contributed by atoms with E-state index in [2.05, 4.69) is 5.32 Å². The molecule has 5 heteroatoms. The number of nitrogens with zero attached hydrogens (tertiary/aromatic N) is 1. The van der Waals surface area contributed by atoms with Crippen molar-refractivity contribution in [2.24, 2.45) is 0 Å². The monoisotopic (exact) mass is 398 g/mol. The number of amides is 1. The van der Waals surface area contributed by atoms with E-state index in [0.717, 1.165) is 27.7 Å². The number of aryl methyl sites for hydroxylation is 1. The molecule has 1 heterocycles. The van der Waals surface area contributed by atoms with E-state index in [1.54, 1.807) is 32.4 Å². The summed E-state index contributed by atoms with van der Waals surface area (Å²) < 4.78 is 10.6. The number of fused-ring (bicyclic) bond motifs is 1. The molecule has 0 aliphatic heterocycles. The van der Waals surface area contributed by atoms with Gasteiger partial charge in [-0.15, -0.1) is 0 Å². The van der Waals surface area contributed by atoms with Crippen LogP contribution in [-0.2, 0) is 0 Å². The van der Waals surface area contributed by atoms with Crippen molar-refractivity contribution >= 4 is 22.5 Å². The van der Waals surface area contributed by atoms with Gasteiger partial charge in [0.2, 0.25) is 0 Å². The number of nitrogens with one attached hydrogen (secondary N) is 1. The quantitative estimate of drug-likeness (QED) is 0.484. The number of anilines is 1. The number of ether oxygens (including phenoxy) is 2. The fourth-order valence-corrected chi connectivity index (χ4v) is 3.40. The minimum atomic E-state index is -0.211. The van der Waals surface area contributed by atoms with Crippen molar-refractivity contribution < 1.29 is 14.3 Å². The van der Waals surface area contributed by atoms with Crippen molar-refractivity contribution in [3.63, 3.8) is 0 Å². The summed E-state index contributed by atoms with van der Waals surface area (Å²) in [7, 11) is 3.14. The lowest BCUT2D eigenvalue weighted by Gasteiger charge is -2.13. The van der Waals surface area contributed by atoms with E-state index in [-0.39, 0.29) is 5.91 Å². The first-order valence-electron chi connectivity index (χ1n) is 9.59. The molecule has 30 heavy (non-hydrogen) atoms. The largest absolute Gasteiger partial charge is 0.493 e. The minimum absolute atomic E-state index is 0.211. The lowest BCUT2D eigenvalue weighted by Crippen LogP contribution is -2.13. The summed E-state index contributed by atoms with van der Waals surface area (Å²) >= 11 is 0. The first-order valence-corrected chi connectivity index (χ1v) is 9.59. The number of methoxy groups -OCH3 is 2. The van der Waals surface area contributed by atoms with Crippen molar-refractivity contribution in [2.45, 2.75) is 6.92 Å². The van der Waals surface area contributed by atoms with E-state index in [1.165, 1.54) is 0 Å². The fraction of sp³-hybridized carbons (Fsp3) is 0.120. The SMILES string of the molecule is COc1ccc(NC(=O)c2cc(-c3ccccc3)nc3ccc(C)cc23)cc1OC. The van der Waals surface area contributed by atoms with Gasteiger partial charge in [0.25, 0.3) is 5.91 Å². The summed E-state index contributed by atoms with van der Waals surface area (Å²) in [6.45, 7) is 2.00. The Balaban J connectivity index is 1.78. The molecule has 0 radical (unpaired) electrons. The van der Waals surface area contributed by atoms with Gasteiger partial charge < -0.3 is 14.8 Å². The minimum Gasteiger partial charge on any atom is -0.493 e. The summed E-state index contributed by atoms with van der Waals surface area (Å²) in [6, 6.07) is 22.9. The summed E-state index contributed by atoms with van der Waals surface area (Å²) in [5.41, 5.74) is 4.75. The van der Waals surface area contributed by atoms with Crippen molar-refractivity contribution in [3.8, 4) is 22.8 Å². The molecule has 0 fully saturated rings. The number of benzene rings is 3. The Kier molecular flexibility index (Phi) is 5.35. The van der Waals surface area contributed by atoms with Gasteiger partial charge in [0.15, 0.2) is 11.5 Å². The molecule has 0 unspecified atom stereocenters. The van der Waals surface area contributed by atoms with Gasteiger partial charge in [-0.1, -0.05) is 42.0 Å². The standard InChI is InChI=1S/C25H22N2O3/c1-16-9-11-21-19(13-16)20(15-22(27-21)17-7-5-4-6-8-17)25(28)26-18-10-12-23(29-2)24(14-18)30-3/h4-15H,1-3H3,(H,26,28). The van der Waals surface area contributed by atoms with Crippen molar-refractivity contribution in [1.29, 1.82) is 0 Å². The zero-order chi connectivity index (χ0) is 21.1. The maximum atomic E-state index is 13.3. The van der Waals surface area contributed by atoms with E-state index in [1.807, 2.05) is 61.5 Å². The highest BCUT2D eigenvalue weighted by molar-refractivity contribution is 6.13. The molecule has 0 saturated heterocycles. The van der Waals surface area contributed by atoms with Gasteiger partial charge in [-0.3, -0.25) is 4.79 Å². The maximum absolute atomic E-state index is 13.3. The van der Waals surface area contributed by atoms with Gasteiger partial charge in [-0.25, -0.2) is 4.98 Å². The highest BCUT2D eigenvalue weighted by Gasteiger charge is 2.15. The van der Waals surface area contributed by atoms with Gasteiger partial charge in [0.1, 0.15) is 0 Å². The van der Waals surface area contributed by atoms with Crippen molar-refractivity contribution in [1.82, 2.24) is 4.98 Å². The lowest BCUT2D eigenvalue weighted by atomic mass is 10.0. The first-order chi connectivity index (χ1) is 14.6. The predicted octanol–water partition coefficient (Wildman–Crippen LogP) is 5.48. The smallest absolute Gasteiger partial charge is 0.256 e. The number of hydrogen-bond donors (Lipinski definition) is 1. The van der Waals surface area contributed by atoms with Crippen LogP contribution in [0.25, 0.3) is 22.2 Å². The zero-order valence-electron chi connectivity index (χ0n) is 17.1. The number of pyridine rings is 1. The Morgan fingerprint density at radius 2 is 1.63 bits per heavy atom. The van der Waals surface area contributed by atoms with E-state index >= 15 is 0 Å². The van der Waals surface area contributed by atoms with Crippen LogP contribution >= 0.6 is 0 Å². The van der Waals surface area contributed by atoms with Crippen molar-refractivity contribution in [2.75, 3.05) is 19.5 Å². The Bertz CT molecular complexity index is 1220. The van der Waals surface area contributed by atoms with Gasteiger partial charge in [0.05, 0.1) is 31.0 Å². The number of carbonyl (C=O) groups excluding carboxylic acids is 1. The summed E-state index contributed by atoms with van der Waals surface area (Å²) in [5, 5.41) is 3.78. The number of rotatable bonds is 5. The average Bonchev–Trinajstić information content (AvgIpc) is 2.78. The molecule has 0 aliphatic rings. The van der Waals surface area contributed by atoms with Crippen LogP contribution in [0.15, 0.2) is 72.8 Å². The molecule has 1 amide bonds. The molecule has 4 rings (SSSR count). The Morgan fingerprint density at radius 1 is 0.867 bits per heavy atom. The van der Waals surface area contributed by atoms with E-state index in [4.69, 9.17) is 14.5 Å². The number of aromatic nitrogens is 1. The molecular weight excluding hydrogens is 376 g/mol. The summed E-state index contributed by atoms with van der Waals surface area (Å²) in [5.74, 6) is 0.944. The Hall–Kier alpha value is -3.86. The average molecular weight is 398 g/mol. The van der Waals surface area contributed by atoms with Crippen molar-refractivity contribution in [3.05, 3.63) is 83.9 Å². The van der Waals surface area contributed by atoms with Gasteiger partial charge in [0, 0.05) is 22.7 Å². The number of carbonyl (C=O) groups is 1. The normalized spacial score (nSPS) is 10.6. The fourth-order valence-electron chi connectivity index (χ4n) is 3.40. The third-order valence-corrected chi connectivity index (χ3v) is 4.92. The molecule has 0 spiro atoms. The molecule has 0 bridgehead atoms. The molecule has 0 atom stereocenters. The summed E-state index contributed by atoms with van der Waals surface area (Å²) in [4.78, 5) is 18.0. The third-order valence-electron chi connectivity index (χ3n) is 4.92. The lowest BCUT2D eigenvalue weighted by molar-refractivity contribution is 0.102. The molecule has 4 aromatic rings. The van der Waals surface area contributed by atoms with E-state index in [9.17, 15) is 4.79 Å². The predicted molar refractivity (Wildman–Crippen MR) is 119 cm³/mol. The van der Waals surface area contributed by atoms with Crippen LogP contribution in [0, 0.1) is 6.92 Å². The highest BCUT2D eigenvalue weighted by Crippen LogP contribution is 2.31. The van der Waals surface area contributed by atoms with Gasteiger partial charge in [-0.05, 0) is 37.3 Å². The summed E-state index contributed by atoms with van der Waals surface area (Å²) in [6.07, 6.45) is 0. The van der Waals surface area contributed by atoms with Crippen LogP contribution < -0.4 is 14.8 Å². The van der Waals surface area contributed by atoms with Crippen LogP contribution in [0.1, 0.15) is 15.9 Å². The maximum Gasteiger partial charge on any atom is 0.256 e. The van der Waals surface area contributed by atoms with Crippen LogP contribution in [0.3, 0.4) is 0 Å². The highest BCUT2D eigenvalue weighted by atomic mass is 16.5. The Labute approximate surface area is 175 Å². The topological polar surface area (TPSA) is 60.5 Å². The van der Waals surface area contributed by atoms with Crippen LogP contribution in [-0.4, -0.2) is 25.1 Å². The van der Waals surface area contributed by atoms with Gasteiger partial charge >= 0.3 is 0 Å². The van der Waals surface area contributed by atoms with E-state index in [0.29, 0.717) is 22.7 Å². The zero-order valence-corrected chi connectivity index (χ0v) is 17.1. The van der Waals surface area contributed by atoms with Crippen LogP contribution in [0.5, 0.6) is 11.5 Å². The van der Waals surface area contributed by atoms with E-state index < -0.39 is 0 Å². The second-order valence-electron chi connectivity index (χ2n) is 6.97. The van der Waals surface area contributed by atoms with Gasteiger partial charge in [-0.2, -0.15) is 0 Å². The Morgan fingerprint density at radius 3 is 2.37 bits per heavy atom. The molecule has 1 aromatic heterocycles. The molecule has 150 valence electrons. The molecule has 5 nitrogen and oxygen atoms in total. The molecular formula is C25H22N2O3. The van der Waals surface area contributed by atoms with Crippen LogP contribution in [0.2, 0.25) is 0 Å². The van der Waals surface area contributed by atoms with Crippen LogP contribution in [0.4, 0.5) is 5.69 Å². The first kappa shape index (κ1) is 19.5. The second kappa shape index (κ2) is 8.25. The molecule has 3 aromatic carbocycles.